The highest BCUT2D eigenvalue weighted by Crippen LogP contribution is 2.21. The first-order valence-corrected chi connectivity index (χ1v) is 4.88. The third-order valence-electron chi connectivity index (χ3n) is 1.41. The Hall–Kier alpha value is -0.810. The lowest BCUT2D eigenvalue weighted by Crippen LogP contribution is -2.04. The van der Waals surface area contributed by atoms with E-state index >= 15 is 0 Å². The number of hydrogen-bond donors (Lipinski definition) is 2. The molecule has 1 rings (SSSR count). The quantitative estimate of drug-likeness (QED) is 0.557. The first-order chi connectivity index (χ1) is 6.11. The number of nitrogen functional groups attached to an aromatic ring is 1. The topological polar surface area (TPSA) is 72.0 Å². The van der Waals surface area contributed by atoms with Crippen LogP contribution in [0.3, 0.4) is 0 Å². The summed E-state index contributed by atoms with van der Waals surface area (Å²) in [6.45, 7) is 3.86. The SMILES string of the molecule is Cc1nc(N)cc(SC(C)CO)n1. The van der Waals surface area contributed by atoms with Crippen LogP contribution in [0.1, 0.15) is 12.7 Å². The molecular formula is C8H13N3OS. The Morgan fingerprint density at radius 2 is 2.31 bits per heavy atom. The van der Waals surface area contributed by atoms with Crippen LogP contribution < -0.4 is 5.73 Å². The van der Waals surface area contributed by atoms with Crippen molar-refractivity contribution in [1.82, 2.24) is 9.97 Å². The van der Waals surface area contributed by atoms with E-state index in [-0.39, 0.29) is 11.9 Å². The minimum atomic E-state index is 0.133. The van der Waals surface area contributed by atoms with Crippen molar-refractivity contribution in [2.24, 2.45) is 0 Å². The molecule has 0 radical (unpaired) electrons. The number of aryl methyl sites for hydroxylation is 1. The Kier molecular flexibility index (Phi) is 3.50. The number of aromatic nitrogens is 2. The van der Waals surface area contributed by atoms with Crippen LogP contribution in [0.15, 0.2) is 11.1 Å². The molecule has 5 heteroatoms. The molecule has 0 saturated carbocycles. The number of rotatable bonds is 3. The minimum absolute atomic E-state index is 0.133. The van der Waals surface area contributed by atoms with Crippen molar-refractivity contribution in [2.75, 3.05) is 12.3 Å². The van der Waals surface area contributed by atoms with Crippen LogP contribution in [-0.4, -0.2) is 26.9 Å². The molecule has 1 aromatic heterocycles. The standard InChI is InChI=1S/C8H13N3OS/c1-5(4-12)13-8-3-7(9)10-6(2)11-8/h3,5,12H,4H2,1-2H3,(H2,9,10,11). The van der Waals surface area contributed by atoms with Gasteiger partial charge in [-0.1, -0.05) is 6.92 Å². The van der Waals surface area contributed by atoms with Gasteiger partial charge < -0.3 is 10.8 Å². The van der Waals surface area contributed by atoms with Gasteiger partial charge >= 0.3 is 0 Å². The van der Waals surface area contributed by atoms with Gasteiger partial charge in [-0.3, -0.25) is 0 Å². The van der Waals surface area contributed by atoms with Crippen molar-refractivity contribution in [3.8, 4) is 0 Å². The smallest absolute Gasteiger partial charge is 0.128 e. The second-order valence-corrected chi connectivity index (χ2v) is 4.25. The average molecular weight is 199 g/mol. The van der Waals surface area contributed by atoms with E-state index in [1.165, 1.54) is 11.8 Å². The van der Waals surface area contributed by atoms with Crippen molar-refractivity contribution in [3.05, 3.63) is 11.9 Å². The maximum atomic E-state index is 8.84. The molecule has 0 bridgehead atoms. The Balaban J connectivity index is 2.77. The highest BCUT2D eigenvalue weighted by atomic mass is 32.2. The Labute approximate surface area is 81.6 Å². The van der Waals surface area contributed by atoms with Crippen LogP contribution in [0.5, 0.6) is 0 Å². The Bertz CT molecular complexity index is 272. The van der Waals surface area contributed by atoms with Gasteiger partial charge in [0.1, 0.15) is 16.7 Å². The third-order valence-corrected chi connectivity index (χ3v) is 2.42. The normalized spacial score (nSPS) is 12.8. The molecule has 0 fully saturated rings. The maximum absolute atomic E-state index is 8.84. The molecule has 3 N–H and O–H groups in total. The molecule has 0 amide bonds. The number of anilines is 1. The fraction of sp³-hybridized carbons (Fsp3) is 0.500. The van der Waals surface area contributed by atoms with Crippen molar-refractivity contribution in [1.29, 1.82) is 0 Å². The number of hydrogen-bond acceptors (Lipinski definition) is 5. The number of thioether (sulfide) groups is 1. The molecule has 0 spiro atoms. The molecule has 0 saturated heterocycles. The van der Waals surface area contributed by atoms with Gasteiger partial charge in [0.15, 0.2) is 0 Å². The van der Waals surface area contributed by atoms with Crippen molar-refractivity contribution >= 4 is 17.6 Å². The molecule has 1 unspecified atom stereocenters. The van der Waals surface area contributed by atoms with Crippen LogP contribution in [-0.2, 0) is 0 Å². The van der Waals surface area contributed by atoms with Crippen molar-refractivity contribution in [2.45, 2.75) is 24.1 Å². The van der Waals surface area contributed by atoms with Crippen LogP contribution in [0, 0.1) is 6.92 Å². The summed E-state index contributed by atoms with van der Waals surface area (Å²) in [6.07, 6.45) is 0. The first-order valence-electron chi connectivity index (χ1n) is 4.00. The summed E-state index contributed by atoms with van der Waals surface area (Å²) < 4.78 is 0. The molecule has 0 aromatic carbocycles. The lowest BCUT2D eigenvalue weighted by atomic mass is 10.5. The van der Waals surface area contributed by atoms with Crippen LogP contribution in [0.4, 0.5) is 5.82 Å². The summed E-state index contributed by atoms with van der Waals surface area (Å²) in [5.74, 6) is 1.13. The fourth-order valence-electron chi connectivity index (χ4n) is 0.866. The van der Waals surface area contributed by atoms with Crippen LogP contribution in [0.2, 0.25) is 0 Å². The van der Waals surface area contributed by atoms with E-state index in [9.17, 15) is 0 Å². The first kappa shape index (κ1) is 10.3. The molecule has 0 aliphatic rings. The van der Waals surface area contributed by atoms with E-state index in [0.717, 1.165) is 5.03 Å². The summed E-state index contributed by atoms with van der Waals surface area (Å²) in [4.78, 5) is 8.14. The zero-order valence-corrected chi connectivity index (χ0v) is 8.51. The lowest BCUT2D eigenvalue weighted by molar-refractivity contribution is 0.300. The maximum Gasteiger partial charge on any atom is 0.128 e. The summed E-state index contributed by atoms with van der Waals surface area (Å²) in [7, 11) is 0. The molecule has 72 valence electrons. The van der Waals surface area contributed by atoms with Crippen molar-refractivity contribution in [3.63, 3.8) is 0 Å². The number of nitrogens with two attached hydrogens (primary N) is 1. The van der Waals surface area contributed by atoms with Crippen LogP contribution in [0.25, 0.3) is 0 Å². The summed E-state index contributed by atoms with van der Waals surface area (Å²) in [5, 5.41) is 9.78. The van der Waals surface area contributed by atoms with E-state index in [0.29, 0.717) is 11.6 Å². The van der Waals surface area contributed by atoms with Gasteiger partial charge in [-0.05, 0) is 6.92 Å². The van der Waals surface area contributed by atoms with E-state index in [2.05, 4.69) is 9.97 Å². The Morgan fingerprint density at radius 3 is 2.85 bits per heavy atom. The minimum Gasteiger partial charge on any atom is -0.395 e. The molecule has 1 atom stereocenters. The van der Waals surface area contributed by atoms with Gasteiger partial charge in [0, 0.05) is 11.3 Å². The van der Waals surface area contributed by atoms with Gasteiger partial charge in [-0.2, -0.15) is 0 Å². The van der Waals surface area contributed by atoms with Crippen molar-refractivity contribution < 1.29 is 5.11 Å². The molecule has 4 nitrogen and oxygen atoms in total. The van der Waals surface area contributed by atoms with E-state index in [1.54, 1.807) is 13.0 Å². The molecule has 1 heterocycles. The average Bonchev–Trinajstić information content (AvgIpc) is 2.02. The molecular weight excluding hydrogens is 186 g/mol. The van der Waals surface area contributed by atoms with Gasteiger partial charge in [0.25, 0.3) is 0 Å². The zero-order chi connectivity index (χ0) is 9.84. The number of nitrogens with zero attached hydrogens (tertiary/aromatic N) is 2. The summed E-state index contributed by atoms with van der Waals surface area (Å²) in [6, 6.07) is 1.71. The lowest BCUT2D eigenvalue weighted by Gasteiger charge is -2.07. The highest BCUT2D eigenvalue weighted by molar-refractivity contribution is 7.99. The molecule has 1 aromatic rings. The highest BCUT2D eigenvalue weighted by Gasteiger charge is 2.05. The monoisotopic (exact) mass is 199 g/mol. The van der Waals surface area contributed by atoms with Gasteiger partial charge in [-0.25, -0.2) is 9.97 Å². The van der Waals surface area contributed by atoms with Crippen LogP contribution >= 0.6 is 11.8 Å². The zero-order valence-electron chi connectivity index (χ0n) is 7.69. The van der Waals surface area contributed by atoms with E-state index < -0.39 is 0 Å². The largest absolute Gasteiger partial charge is 0.395 e. The van der Waals surface area contributed by atoms with E-state index in [1.807, 2.05) is 6.92 Å². The second kappa shape index (κ2) is 4.43. The summed E-state index contributed by atoms with van der Waals surface area (Å²) >= 11 is 1.49. The van der Waals surface area contributed by atoms with Gasteiger partial charge in [-0.15, -0.1) is 11.8 Å². The number of aliphatic hydroxyl groups excluding tert-OH is 1. The predicted molar refractivity (Wildman–Crippen MR) is 53.6 cm³/mol. The molecule has 0 aliphatic heterocycles. The second-order valence-electron chi connectivity index (χ2n) is 2.79. The van der Waals surface area contributed by atoms with Gasteiger partial charge in [0.05, 0.1) is 6.61 Å². The molecule has 0 aliphatic carbocycles. The molecule has 13 heavy (non-hydrogen) atoms. The fourth-order valence-corrected chi connectivity index (χ4v) is 1.73. The van der Waals surface area contributed by atoms with E-state index in [4.69, 9.17) is 10.8 Å². The summed E-state index contributed by atoms with van der Waals surface area (Å²) in [5.41, 5.74) is 5.55. The third kappa shape index (κ3) is 3.20. The Morgan fingerprint density at radius 1 is 1.62 bits per heavy atom. The predicted octanol–water partition coefficient (Wildman–Crippen LogP) is 0.840. The van der Waals surface area contributed by atoms with Gasteiger partial charge in [0.2, 0.25) is 0 Å². The number of aliphatic hydroxyl groups is 1.